The number of halogens is 1. The molecule has 0 saturated carbocycles. The number of aryl methyl sites for hydroxylation is 1. The van der Waals surface area contributed by atoms with Crippen molar-refractivity contribution in [3.63, 3.8) is 0 Å². The molecule has 3 aromatic carbocycles. The molecular weight excluding hydrogens is 508 g/mol. The molecule has 0 atom stereocenters. The van der Waals surface area contributed by atoms with Crippen molar-refractivity contribution in [3.05, 3.63) is 87.8 Å². The third-order valence-corrected chi connectivity index (χ3v) is 6.37. The predicted molar refractivity (Wildman–Crippen MR) is 151 cm³/mol. The molecule has 0 aliphatic rings. The van der Waals surface area contributed by atoms with E-state index in [4.69, 9.17) is 21.1 Å². The van der Waals surface area contributed by atoms with Crippen molar-refractivity contribution in [1.29, 1.82) is 0 Å². The second kappa shape index (κ2) is 12.4. The number of methoxy groups -OCH3 is 1. The molecular formula is C28H27ClN4O3S. The van der Waals surface area contributed by atoms with Crippen molar-refractivity contribution < 1.29 is 14.3 Å². The number of nitrogens with one attached hydrogen (secondary N) is 2. The van der Waals surface area contributed by atoms with Gasteiger partial charge in [-0.1, -0.05) is 48.4 Å². The highest BCUT2D eigenvalue weighted by Crippen LogP contribution is 2.36. The van der Waals surface area contributed by atoms with Crippen LogP contribution in [0, 0.1) is 6.92 Å². The molecule has 0 spiro atoms. The Balaban J connectivity index is 1.37. The number of hydrogen-bond acceptors (Lipinski definition) is 7. The van der Waals surface area contributed by atoms with E-state index in [1.807, 2.05) is 36.6 Å². The maximum atomic E-state index is 12.6. The van der Waals surface area contributed by atoms with Gasteiger partial charge in [-0.2, -0.15) is 5.10 Å². The number of carbonyl (C=O) groups is 1. The number of carbonyl (C=O) groups excluding carboxylic acids is 1. The topological polar surface area (TPSA) is 84.8 Å². The van der Waals surface area contributed by atoms with Gasteiger partial charge in [0.1, 0.15) is 0 Å². The highest BCUT2D eigenvalue weighted by molar-refractivity contribution is 7.14. The lowest BCUT2D eigenvalue weighted by molar-refractivity contribution is 0.0955. The van der Waals surface area contributed by atoms with Gasteiger partial charge in [0.2, 0.25) is 0 Å². The zero-order valence-corrected chi connectivity index (χ0v) is 22.3. The number of amides is 1. The van der Waals surface area contributed by atoms with E-state index in [1.165, 1.54) is 23.1 Å². The largest absolute Gasteiger partial charge is 0.493 e. The van der Waals surface area contributed by atoms with Gasteiger partial charge >= 0.3 is 0 Å². The summed E-state index contributed by atoms with van der Waals surface area (Å²) in [6.07, 6.45) is 2.36. The Morgan fingerprint density at radius 1 is 1.14 bits per heavy atom. The molecule has 0 fully saturated rings. The van der Waals surface area contributed by atoms with E-state index in [9.17, 15) is 4.79 Å². The lowest BCUT2D eigenvalue weighted by atomic mass is 10.1. The molecule has 1 heterocycles. The van der Waals surface area contributed by atoms with Crippen LogP contribution in [0.1, 0.15) is 34.8 Å². The number of rotatable bonds is 10. The van der Waals surface area contributed by atoms with Crippen molar-refractivity contribution in [2.45, 2.75) is 20.3 Å². The summed E-state index contributed by atoms with van der Waals surface area (Å²) in [5, 5.41) is 10.6. The van der Waals surface area contributed by atoms with Gasteiger partial charge in [0, 0.05) is 22.2 Å². The maximum absolute atomic E-state index is 12.6. The monoisotopic (exact) mass is 534 g/mol. The summed E-state index contributed by atoms with van der Waals surface area (Å²) in [7, 11) is 1.55. The van der Waals surface area contributed by atoms with Gasteiger partial charge in [0.25, 0.3) is 5.91 Å². The molecule has 2 N–H and O–H groups in total. The van der Waals surface area contributed by atoms with E-state index >= 15 is 0 Å². The number of thiazole rings is 1. The minimum atomic E-state index is -0.330. The van der Waals surface area contributed by atoms with E-state index in [1.54, 1.807) is 31.4 Å². The molecule has 1 aromatic heterocycles. The summed E-state index contributed by atoms with van der Waals surface area (Å²) in [5.41, 5.74) is 7.63. The number of nitrogens with zero attached hydrogens (tertiary/aromatic N) is 2. The Labute approximate surface area is 225 Å². The quantitative estimate of drug-likeness (QED) is 0.168. The fourth-order valence-electron chi connectivity index (χ4n) is 3.40. The first-order valence-electron chi connectivity index (χ1n) is 11.7. The molecule has 190 valence electrons. The summed E-state index contributed by atoms with van der Waals surface area (Å²) in [4.78, 5) is 17.2. The van der Waals surface area contributed by atoms with Crippen LogP contribution >= 0.6 is 22.9 Å². The first-order chi connectivity index (χ1) is 18.0. The van der Waals surface area contributed by atoms with Crippen LogP contribution in [-0.2, 0) is 0 Å². The number of hydrazone groups is 1. The SMILES string of the molecule is CCCOc1c(Cl)cc(/C=N\NC(=O)c2ccc(-c3csc(Nc4ccc(C)cc4)n3)cc2)cc1OC. The Bertz CT molecular complexity index is 1390. The Morgan fingerprint density at radius 2 is 1.89 bits per heavy atom. The maximum Gasteiger partial charge on any atom is 0.271 e. The second-order valence-electron chi connectivity index (χ2n) is 8.19. The van der Waals surface area contributed by atoms with E-state index in [0.29, 0.717) is 34.3 Å². The number of anilines is 2. The van der Waals surface area contributed by atoms with Crippen LogP contribution in [-0.4, -0.2) is 30.8 Å². The molecule has 0 radical (unpaired) electrons. The number of hydrogen-bond donors (Lipinski definition) is 2. The van der Waals surface area contributed by atoms with Crippen molar-refractivity contribution in [2.24, 2.45) is 5.10 Å². The third kappa shape index (κ3) is 6.87. The molecule has 7 nitrogen and oxygen atoms in total. The number of aromatic nitrogens is 1. The van der Waals surface area contributed by atoms with Crippen LogP contribution in [0.15, 0.2) is 71.1 Å². The van der Waals surface area contributed by atoms with E-state index in [-0.39, 0.29) is 5.91 Å². The molecule has 4 aromatic rings. The van der Waals surface area contributed by atoms with Gasteiger partial charge in [-0.3, -0.25) is 4.79 Å². The van der Waals surface area contributed by atoms with E-state index in [0.717, 1.165) is 28.5 Å². The summed E-state index contributed by atoms with van der Waals surface area (Å²) in [6, 6.07) is 18.8. The smallest absolute Gasteiger partial charge is 0.271 e. The molecule has 9 heteroatoms. The normalized spacial score (nSPS) is 10.9. The zero-order valence-electron chi connectivity index (χ0n) is 20.7. The van der Waals surface area contributed by atoms with Crippen LogP contribution in [0.3, 0.4) is 0 Å². The molecule has 0 saturated heterocycles. The minimum absolute atomic E-state index is 0.330. The number of benzene rings is 3. The first kappa shape index (κ1) is 26.2. The van der Waals surface area contributed by atoms with Crippen molar-refractivity contribution >= 4 is 45.9 Å². The van der Waals surface area contributed by atoms with Crippen molar-refractivity contribution in [2.75, 3.05) is 19.0 Å². The molecule has 0 aliphatic heterocycles. The third-order valence-electron chi connectivity index (χ3n) is 5.33. The fraction of sp³-hybridized carbons (Fsp3) is 0.179. The van der Waals surface area contributed by atoms with Gasteiger partial charge in [0.15, 0.2) is 16.6 Å². The summed E-state index contributed by atoms with van der Waals surface area (Å²) in [6.45, 7) is 4.60. The van der Waals surface area contributed by atoms with Crippen LogP contribution < -0.4 is 20.2 Å². The molecule has 37 heavy (non-hydrogen) atoms. The molecule has 0 unspecified atom stereocenters. The van der Waals surface area contributed by atoms with E-state index in [2.05, 4.69) is 39.9 Å². The first-order valence-corrected chi connectivity index (χ1v) is 13.0. The van der Waals surface area contributed by atoms with Crippen LogP contribution in [0.25, 0.3) is 11.3 Å². The van der Waals surface area contributed by atoms with Gasteiger partial charge in [-0.15, -0.1) is 11.3 Å². The molecule has 0 aliphatic carbocycles. The summed E-state index contributed by atoms with van der Waals surface area (Å²) >= 11 is 7.86. The highest BCUT2D eigenvalue weighted by atomic mass is 35.5. The van der Waals surface area contributed by atoms with Gasteiger partial charge in [0.05, 0.1) is 30.6 Å². The predicted octanol–water partition coefficient (Wildman–Crippen LogP) is 7.08. The standard InChI is InChI=1S/C28H27ClN4O3S/c1-4-13-36-26-23(29)14-19(15-25(26)35-3)16-30-33-27(34)21-9-7-20(8-10-21)24-17-37-28(32-24)31-22-11-5-18(2)6-12-22/h5-12,14-17H,4,13H2,1-3H3,(H,31,32)(H,33,34)/b30-16-. The van der Waals surface area contributed by atoms with Crippen LogP contribution in [0.4, 0.5) is 10.8 Å². The summed E-state index contributed by atoms with van der Waals surface area (Å²) < 4.78 is 11.0. The van der Waals surface area contributed by atoms with Crippen LogP contribution in [0.2, 0.25) is 5.02 Å². The Kier molecular flexibility index (Phi) is 8.77. The Morgan fingerprint density at radius 3 is 2.59 bits per heavy atom. The van der Waals surface area contributed by atoms with Gasteiger partial charge in [-0.25, -0.2) is 10.4 Å². The van der Waals surface area contributed by atoms with E-state index < -0.39 is 0 Å². The average Bonchev–Trinajstić information content (AvgIpc) is 3.37. The second-order valence-corrected chi connectivity index (χ2v) is 9.45. The molecule has 0 bridgehead atoms. The molecule has 4 rings (SSSR count). The summed E-state index contributed by atoms with van der Waals surface area (Å²) in [5.74, 6) is 0.665. The zero-order chi connectivity index (χ0) is 26.2. The van der Waals surface area contributed by atoms with Gasteiger partial charge in [-0.05, 0) is 55.3 Å². The molecule has 1 amide bonds. The fourth-order valence-corrected chi connectivity index (χ4v) is 4.42. The lowest BCUT2D eigenvalue weighted by Gasteiger charge is -2.12. The Hall–Kier alpha value is -3.88. The lowest BCUT2D eigenvalue weighted by Crippen LogP contribution is -2.17. The average molecular weight is 535 g/mol. The van der Waals surface area contributed by atoms with Gasteiger partial charge < -0.3 is 14.8 Å². The number of ether oxygens (including phenoxy) is 2. The van der Waals surface area contributed by atoms with Crippen molar-refractivity contribution in [1.82, 2.24) is 10.4 Å². The highest BCUT2D eigenvalue weighted by Gasteiger charge is 2.12. The van der Waals surface area contributed by atoms with Crippen LogP contribution in [0.5, 0.6) is 11.5 Å². The minimum Gasteiger partial charge on any atom is -0.493 e. The van der Waals surface area contributed by atoms with Crippen molar-refractivity contribution in [3.8, 4) is 22.8 Å².